The number of hydrogen-bond acceptors (Lipinski definition) is 6. The van der Waals surface area contributed by atoms with Gasteiger partial charge in [0.05, 0.1) is 17.9 Å². The van der Waals surface area contributed by atoms with Crippen molar-refractivity contribution in [3.63, 3.8) is 0 Å². The monoisotopic (exact) mass is 398 g/mol. The normalized spacial score (nSPS) is 14.2. The molecular formula is C20H22N4O5. The van der Waals surface area contributed by atoms with E-state index >= 15 is 0 Å². The number of carbonyl (C=O) groups is 3. The van der Waals surface area contributed by atoms with Gasteiger partial charge in [-0.15, -0.1) is 0 Å². The zero-order chi connectivity index (χ0) is 21.0. The van der Waals surface area contributed by atoms with Gasteiger partial charge in [-0.3, -0.25) is 4.79 Å². The zero-order valence-corrected chi connectivity index (χ0v) is 16.2. The number of amides is 3. The summed E-state index contributed by atoms with van der Waals surface area (Å²) in [4.78, 5) is 35.4. The first-order valence-corrected chi connectivity index (χ1v) is 9.23. The largest absolute Gasteiger partial charge is 0.462 e. The quantitative estimate of drug-likeness (QED) is 0.525. The molecule has 0 atom stereocenters. The first-order valence-electron chi connectivity index (χ1n) is 9.23. The van der Waals surface area contributed by atoms with Crippen LogP contribution in [-0.4, -0.2) is 30.2 Å². The van der Waals surface area contributed by atoms with Crippen LogP contribution in [0.5, 0.6) is 0 Å². The molecule has 9 heteroatoms. The number of nitrogens with one attached hydrogen (secondary N) is 2. The Bertz CT molecular complexity index is 976. The number of urea groups is 1. The number of esters is 1. The van der Waals surface area contributed by atoms with Crippen molar-refractivity contribution < 1.29 is 23.5 Å². The van der Waals surface area contributed by atoms with Crippen LogP contribution >= 0.6 is 0 Å². The van der Waals surface area contributed by atoms with Crippen molar-refractivity contribution >= 4 is 29.3 Å². The summed E-state index contributed by atoms with van der Waals surface area (Å²) in [6, 6.07) is 5.63. The van der Waals surface area contributed by atoms with Crippen molar-refractivity contribution in [3.8, 4) is 0 Å². The van der Waals surface area contributed by atoms with E-state index in [0.717, 1.165) is 12.0 Å². The SMILES string of the molecule is CCOC(=O)c1ccc(NC(=O)c2oc3c(c2C)/C(=N/NC(N)=O)CCC3)cc1. The van der Waals surface area contributed by atoms with Crippen molar-refractivity contribution in [2.45, 2.75) is 33.1 Å². The average Bonchev–Trinajstić information content (AvgIpc) is 3.04. The van der Waals surface area contributed by atoms with E-state index in [2.05, 4.69) is 15.8 Å². The summed E-state index contributed by atoms with van der Waals surface area (Å²) < 4.78 is 10.7. The number of nitrogens with two attached hydrogens (primary N) is 1. The Hall–Kier alpha value is -3.62. The fraction of sp³-hybridized carbons (Fsp3) is 0.300. The van der Waals surface area contributed by atoms with Crippen molar-refractivity contribution in [2.75, 3.05) is 11.9 Å². The zero-order valence-electron chi connectivity index (χ0n) is 16.2. The van der Waals surface area contributed by atoms with Gasteiger partial charge in [0.15, 0.2) is 5.76 Å². The van der Waals surface area contributed by atoms with Gasteiger partial charge in [-0.1, -0.05) is 0 Å². The first-order chi connectivity index (χ1) is 13.9. The van der Waals surface area contributed by atoms with Crippen molar-refractivity contribution in [1.82, 2.24) is 5.43 Å². The van der Waals surface area contributed by atoms with Gasteiger partial charge in [0.25, 0.3) is 5.91 Å². The second-order valence-corrected chi connectivity index (χ2v) is 6.49. The summed E-state index contributed by atoms with van der Waals surface area (Å²) in [6.45, 7) is 3.80. The second kappa shape index (κ2) is 8.59. The van der Waals surface area contributed by atoms with E-state index in [1.165, 1.54) is 0 Å². The molecule has 1 aromatic carbocycles. The summed E-state index contributed by atoms with van der Waals surface area (Å²) in [5.41, 5.74) is 10.2. The van der Waals surface area contributed by atoms with Crippen LogP contribution in [0.4, 0.5) is 10.5 Å². The molecule has 9 nitrogen and oxygen atoms in total. The molecule has 0 spiro atoms. The smallest absolute Gasteiger partial charge is 0.338 e. The van der Waals surface area contributed by atoms with E-state index in [1.807, 2.05) is 0 Å². The van der Waals surface area contributed by atoms with Crippen LogP contribution in [0.2, 0.25) is 0 Å². The Kier molecular flexibility index (Phi) is 5.96. The first kappa shape index (κ1) is 20.1. The molecule has 152 valence electrons. The fourth-order valence-electron chi connectivity index (χ4n) is 3.21. The maximum absolute atomic E-state index is 12.7. The predicted octanol–water partition coefficient (Wildman–Crippen LogP) is 2.73. The second-order valence-electron chi connectivity index (χ2n) is 6.49. The number of benzene rings is 1. The minimum Gasteiger partial charge on any atom is -0.462 e. The fourth-order valence-corrected chi connectivity index (χ4v) is 3.21. The number of hydrazone groups is 1. The standard InChI is InChI=1S/C20H22N4O5/c1-3-28-19(26)12-7-9-13(10-8-12)22-18(25)17-11(2)16-14(23-24-20(21)27)5-4-6-15(16)29-17/h7-10H,3-6H2,1-2H3,(H,22,25)(H3,21,24,27)/b23-14+. The number of primary amides is 1. The summed E-state index contributed by atoms with van der Waals surface area (Å²) in [5, 5.41) is 6.80. The lowest BCUT2D eigenvalue weighted by Gasteiger charge is -2.13. The van der Waals surface area contributed by atoms with Crippen LogP contribution in [0, 0.1) is 6.92 Å². The minimum absolute atomic E-state index is 0.179. The van der Waals surface area contributed by atoms with Crippen LogP contribution in [0.25, 0.3) is 0 Å². The summed E-state index contributed by atoms with van der Waals surface area (Å²) in [7, 11) is 0. The molecule has 0 unspecified atom stereocenters. The molecule has 1 aliphatic rings. The molecule has 3 amide bonds. The highest BCUT2D eigenvalue weighted by molar-refractivity contribution is 6.09. The molecule has 0 radical (unpaired) electrons. The molecule has 2 aromatic rings. The van der Waals surface area contributed by atoms with Crippen LogP contribution in [0.3, 0.4) is 0 Å². The van der Waals surface area contributed by atoms with E-state index in [4.69, 9.17) is 14.9 Å². The third kappa shape index (κ3) is 4.45. The molecule has 0 saturated heterocycles. The highest BCUT2D eigenvalue weighted by atomic mass is 16.5. The van der Waals surface area contributed by atoms with Gasteiger partial charge in [-0.05, 0) is 51.0 Å². The lowest BCUT2D eigenvalue weighted by atomic mass is 9.93. The lowest BCUT2D eigenvalue weighted by molar-refractivity contribution is 0.0526. The Labute approximate surface area is 167 Å². The maximum atomic E-state index is 12.7. The van der Waals surface area contributed by atoms with E-state index in [9.17, 15) is 14.4 Å². The Morgan fingerprint density at radius 3 is 2.59 bits per heavy atom. The Balaban J connectivity index is 1.79. The number of nitrogens with zero attached hydrogens (tertiary/aromatic N) is 1. The maximum Gasteiger partial charge on any atom is 0.338 e. The number of furan rings is 1. The molecule has 0 saturated carbocycles. The number of carbonyl (C=O) groups excluding carboxylic acids is 3. The molecule has 1 aliphatic carbocycles. The Morgan fingerprint density at radius 2 is 1.93 bits per heavy atom. The summed E-state index contributed by atoms with van der Waals surface area (Å²) >= 11 is 0. The molecule has 0 bridgehead atoms. The van der Waals surface area contributed by atoms with Crippen LogP contribution in [-0.2, 0) is 11.2 Å². The van der Waals surface area contributed by atoms with Crippen molar-refractivity contribution in [2.24, 2.45) is 10.8 Å². The third-order valence-corrected chi connectivity index (χ3v) is 4.49. The third-order valence-electron chi connectivity index (χ3n) is 4.49. The molecule has 1 aromatic heterocycles. The Morgan fingerprint density at radius 1 is 1.21 bits per heavy atom. The van der Waals surface area contributed by atoms with Gasteiger partial charge in [0, 0.05) is 23.2 Å². The average molecular weight is 398 g/mol. The minimum atomic E-state index is -0.755. The molecule has 3 rings (SSSR count). The van der Waals surface area contributed by atoms with E-state index in [-0.39, 0.29) is 5.76 Å². The van der Waals surface area contributed by atoms with Gasteiger partial charge in [0.2, 0.25) is 0 Å². The molecule has 0 aliphatic heterocycles. The summed E-state index contributed by atoms with van der Waals surface area (Å²) in [5.74, 6) is -0.000892. The van der Waals surface area contributed by atoms with Gasteiger partial charge in [0.1, 0.15) is 5.76 Å². The molecule has 1 heterocycles. The van der Waals surface area contributed by atoms with E-state index < -0.39 is 17.9 Å². The van der Waals surface area contributed by atoms with Crippen molar-refractivity contribution in [1.29, 1.82) is 0 Å². The number of hydrogen-bond donors (Lipinski definition) is 3. The van der Waals surface area contributed by atoms with Gasteiger partial charge in [-0.25, -0.2) is 15.0 Å². The van der Waals surface area contributed by atoms with Crippen LogP contribution < -0.4 is 16.5 Å². The highest BCUT2D eigenvalue weighted by Gasteiger charge is 2.28. The topological polar surface area (TPSA) is 136 Å². The summed E-state index contributed by atoms with van der Waals surface area (Å²) in [6.07, 6.45) is 2.10. The van der Waals surface area contributed by atoms with E-state index in [1.54, 1.807) is 38.1 Å². The van der Waals surface area contributed by atoms with Crippen LogP contribution in [0.1, 0.15) is 57.6 Å². The van der Waals surface area contributed by atoms with Crippen LogP contribution in [0.15, 0.2) is 33.8 Å². The van der Waals surface area contributed by atoms with Gasteiger partial charge < -0.3 is 20.2 Å². The molecule has 29 heavy (non-hydrogen) atoms. The number of fused-ring (bicyclic) bond motifs is 1. The lowest BCUT2D eigenvalue weighted by Crippen LogP contribution is -2.27. The van der Waals surface area contributed by atoms with Gasteiger partial charge >= 0.3 is 12.0 Å². The number of aryl methyl sites for hydroxylation is 1. The highest BCUT2D eigenvalue weighted by Crippen LogP contribution is 2.30. The van der Waals surface area contributed by atoms with Gasteiger partial charge in [-0.2, -0.15) is 5.10 Å². The molecule has 4 N–H and O–H groups in total. The molecular weight excluding hydrogens is 376 g/mol. The number of rotatable bonds is 5. The number of ether oxygens (including phenoxy) is 1. The van der Waals surface area contributed by atoms with E-state index in [0.29, 0.717) is 47.7 Å². The van der Waals surface area contributed by atoms with Crippen molar-refractivity contribution in [3.05, 3.63) is 52.5 Å². The predicted molar refractivity (Wildman–Crippen MR) is 106 cm³/mol. The molecule has 0 fully saturated rings. The number of anilines is 1.